The van der Waals surface area contributed by atoms with E-state index in [0.717, 1.165) is 17.7 Å². The molecule has 1 amide bonds. The van der Waals surface area contributed by atoms with Crippen LogP contribution in [0, 0.1) is 0 Å². The molecule has 0 spiro atoms. The lowest BCUT2D eigenvalue weighted by Gasteiger charge is -2.31. The lowest BCUT2D eigenvalue weighted by Crippen LogP contribution is -2.60. The maximum Gasteiger partial charge on any atom is 0.325 e. The van der Waals surface area contributed by atoms with Gasteiger partial charge >= 0.3 is 11.3 Å². The van der Waals surface area contributed by atoms with Crippen LogP contribution in [0.2, 0.25) is 0 Å². The van der Waals surface area contributed by atoms with Gasteiger partial charge in [0.25, 0.3) is 6.17 Å². The SMILES string of the molecule is CCCSc1n[n+]2c(c(=O)[nH]1)-c1ccccc1N(C(C)=O)C2c1ccccc1OC. The van der Waals surface area contributed by atoms with E-state index in [0.29, 0.717) is 27.9 Å². The molecule has 0 aliphatic carbocycles. The lowest BCUT2D eigenvalue weighted by molar-refractivity contribution is -0.763. The van der Waals surface area contributed by atoms with Crippen molar-refractivity contribution in [1.82, 2.24) is 10.1 Å². The molecule has 1 atom stereocenters. The van der Waals surface area contributed by atoms with E-state index in [1.54, 1.807) is 16.7 Å². The number of aromatic amines is 1. The summed E-state index contributed by atoms with van der Waals surface area (Å²) in [6.45, 7) is 3.59. The molecule has 1 aromatic heterocycles. The second kappa shape index (κ2) is 8.31. The van der Waals surface area contributed by atoms with Crippen LogP contribution in [-0.2, 0) is 4.79 Å². The fraction of sp³-hybridized carbons (Fsp3) is 0.273. The normalized spacial score (nSPS) is 14.8. The van der Waals surface area contributed by atoms with Gasteiger partial charge in [-0.1, -0.05) is 43.0 Å². The van der Waals surface area contributed by atoms with Crippen molar-refractivity contribution in [2.24, 2.45) is 0 Å². The smallest absolute Gasteiger partial charge is 0.325 e. The summed E-state index contributed by atoms with van der Waals surface area (Å²) in [4.78, 5) is 30.6. The van der Waals surface area contributed by atoms with Gasteiger partial charge < -0.3 is 4.74 Å². The second-order valence-electron chi connectivity index (χ2n) is 6.92. The molecule has 1 N–H and O–H groups in total. The topological polar surface area (TPSA) is 79.2 Å². The quantitative estimate of drug-likeness (QED) is 0.504. The van der Waals surface area contributed by atoms with Crippen LogP contribution >= 0.6 is 11.8 Å². The van der Waals surface area contributed by atoms with E-state index in [2.05, 4.69) is 11.9 Å². The van der Waals surface area contributed by atoms with Crippen LogP contribution in [-0.4, -0.2) is 28.9 Å². The van der Waals surface area contributed by atoms with Crippen molar-refractivity contribution in [3.05, 3.63) is 64.4 Å². The van der Waals surface area contributed by atoms with E-state index in [4.69, 9.17) is 9.84 Å². The number of H-pyrrole nitrogens is 1. The van der Waals surface area contributed by atoms with Crippen molar-refractivity contribution >= 4 is 23.4 Å². The predicted octanol–water partition coefficient (Wildman–Crippen LogP) is 3.15. The van der Waals surface area contributed by atoms with Crippen molar-refractivity contribution in [2.75, 3.05) is 17.8 Å². The van der Waals surface area contributed by atoms with Crippen LogP contribution in [0.1, 0.15) is 32.0 Å². The standard InChI is InChI=1S/C22H22N4O3S/c1-4-13-30-22-23-20(28)19-15-9-5-7-11-17(15)25(14(2)27)21(26(19)24-22)16-10-6-8-12-18(16)29-3/h5-12,21H,4,13H2,1-3H3/p+1. The van der Waals surface area contributed by atoms with Gasteiger partial charge in [0.2, 0.25) is 11.1 Å². The molecule has 2 heterocycles. The van der Waals surface area contributed by atoms with Gasteiger partial charge in [0.15, 0.2) is 0 Å². The van der Waals surface area contributed by atoms with Crippen molar-refractivity contribution in [1.29, 1.82) is 0 Å². The number of ether oxygens (including phenoxy) is 1. The third kappa shape index (κ3) is 3.37. The molecule has 154 valence electrons. The Morgan fingerprint density at radius 2 is 1.97 bits per heavy atom. The molecule has 1 aliphatic heterocycles. The molecule has 0 bridgehead atoms. The number of amides is 1. The summed E-state index contributed by atoms with van der Waals surface area (Å²) in [7, 11) is 1.59. The first-order valence-electron chi connectivity index (χ1n) is 9.77. The van der Waals surface area contributed by atoms with E-state index in [-0.39, 0.29) is 11.5 Å². The highest BCUT2D eigenvalue weighted by Gasteiger charge is 2.45. The number of fused-ring (bicyclic) bond motifs is 3. The van der Waals surface area contributed by atoms with Crippen LogP contribution in [0.5, 0.6) is 5.75 Å². The fourth-order valence-electron chi connectivity index (χ4n) is 3.74. The Bertz CT molecular complexity index is 1160. The summed E-state index contributed by atoms with van der Waals surface area (Å²) in [5.74, 6) is 1.30. The number of hydrogen-bond acceptors (Lipinski definition) is 5. The summed E-state index contributed by atoms with van der Waals surface area (Å²) in [5.41, 5.74) is 2.27. The van der Waals surface area contributed by atoms with Gasteiger partial charge in [0.1, 0.15) is 5.75 Å². The molecule has 7 nitrogen and oxygen atoms in total. The van der Waals surface area contributed by atoms with E-state index in [9.17, 15) is 9.59 Å². The van der Waals surface area contributed by atoms with Gasteiger partial charge in [0, 0.05) is 17.8 Å². The number of thioether (sulfide) groups is 1. The molecular formula is C22H23N4O3S+. The number of nitrogens with zero attached hydrogens (tertiary/aromatic N) is 3. The summed E-state index contributed by atoms with van der Waals surface area (Å²) < 4.78 is 7.24. The van der Waals surface area contributed by atoms with E-state index in [1.165, 1.54) is 18.7 Å². The number of aromatic nitrogens is 3. The summed E-state index contributed by atoms with van der Waals surface area (Å²) in [5, 5.41) is 5.27. The van der Waals surface area contributed by atoms with Gasteiger partial charge in [-0.2, -0.15) is 0 Å². The minimum Gasteiger partial charge on any atom is -0.496 e. The molecule has 0 radical (unpaired) electrons. The molecule has 4 rings (SSSR count). The van der Waals surface area contributed by atoms with Crippen LogP contribution in [0.4, 0.5) is 5.69 Å². The van der Waals surface area contributed by atoms with Crippen LogP contribution in [0.15, 0.2) is 58.5 Å². The minimum atomic E-state index is -0.646. The fourth-order valence-corrected chi connectivity index (χ4v) is 4.45. The molecule has 8 heteroatoms. The van der Waals surface area contributed by atoms with E-state index in [1.807, 2.05) is 48.5 Å². The zero-order chi connectivity index (χ0) is 21.3. The average Bonchev–Trinajstić information content (AvgIpc) is 2.76. The number of nitrogens with one attached hydrogen (secondary N) is 1. The summed E-state index contributed by atoms with van der Waals surface area (Å²) >= 11 is 1.48. The zero-order valence-corrected chi connectivity index (χ0v) is 17.9. The third-order valence-electron chi connectivity index (χ3n) is 4.96. The highest BCUT2D eigenvalue weighted by Crippen LogP contribution is 2.39. The number of hydrogen-bond donors (Lipinski definition) is 1. The van der Waals surface area contributed by atoms with Crippen LogP contribution in [0.25, 0.3) is 11.3 Å². The number of benzene rings is 2. The molecule has 0 fully saturated rings. The number of para-hydroxylation sites is 2. The van der Waals surface area contributed by atoms with E-state index < -0.39 is 6.17 Å². The number of anilines is 1. The molecule has 1 aliphatic rings. The molecule has 3 aromatic rings. The molecule has 30 heavy (non-hydrogen) atoms. The number of rotatable bonds is 5. The molecular weight excluding hydrogens is 400 g/mol. The molecule has 2 aromatic carbocycles. The first kappa shape index (κ1) is 20.2. The minimum absolute atomic E-state index is 0.152. The van der Waals surface area contributed by atoms with Gasteiger partial charge in [-0.15, -0.1) is 0 Å². The Kier molecular flexibility index (Phi) is 5.59. The van der Waals surface area contributed by atoms with Gasteiger partial charge in [0.05, 0.1) is 23.9 Å². The highest BCUT2D eigenvalue weighted by atomic mass is 32.2. The van der Waals surface area contributed by atoms with Crippen molar-refractivity contribution in [3.63, 3.8) is 0 Å². The molecule has 0 saturated heterocycles. The van der Waals surface area contributed by atoms with Gasteiger partial charge in [-0.05, 0) is 35.4 Å². The maximum atomic E-state index is 13.2. The van der Waals surface area contributed by atoms with Crippen LogP contribution in [0.3, 0.4) is 0 Å². The maximum absolute atomic E-state index is 13.2. The van der Waals surface area contributed by atoms with Crippen molar-refractivity contribution in [2.45, 2.75) is 31.6 Å². The summed E-state index contributed by atoms with van der Waals surface area (Å²) in [6.07, 6.45) is 0.306. The Labute approximate surface area is 178 Å². The predicted molar refractivity (Wildman–Crippen MR) is 116 cm³/mol. The number of carbonyl (C=O) groups excluding carboxylic acids is 1. The number of carbonyl (C=O) groups is 1. The van der Waals surface area contributed by atoms with Crippen molar-refractivity contribution < 1.29 is 14.2 Å². The average molecular weight is 424 g/mol. The largest absolute Gasteiger partial charge is 0.496 e. The molecule has 0 saturated carbocycles. The Morgan fingerprint density at radius 1 is 1.23 bits per heavy atom. The first-order chi connectivity index (χ1) is 14.6. The third-order valence-corrected chi connectivity index (χ3v) is 6.03. The van der Waals surface area contributed by atoms with Gasteiger partial charge in [-0.3, -0.25) is 14.6 Å². The Morgan fingerprint density at radius 3 is 2.70 bits per heavy atom. The lowest BCUT2D eigenvalue weighted by atomic mass is 10.0. The zero-order valence-electron chi connectivity index (χ0n) is 17.1. The second-order valence-corrected chi connectivity index (χ2v) is 8.01. The Hall–Kier alpha value is -3.13. The number of methoxy groups -OCH3 is 1. The van der Waals surface area contributed by atoms with Gasteiger partial charge in [-0.25, -0.2) is 4.90 Å². The first-order valence-corrected chi connectivity index (χ1v) is 10.8. The van der Waals surface area contributed by atoms with Crippen molar-refractivity contribution in [3.8, 4) is 17.0 Å². The Balaban J connectivity index is 2.05. The van der Waals surface area contributed by atoms with Crippen LogP contribution < -0.4 is 19.9 Å². The highest BCUT2D eigenvalue weighted by molar-refractivity contribution is 7.99. The monoisotopic (exact) mass is 423 g/mol. The summed E-state index contributed by atoms with van der Waals surface area (Å²) in [6, 6.07) is 14.9. The van der Waals surface area contributed by atoms with E-state index >= 15 is 0 Å². The molecule has 1 unspecified atom stereocenters.